The normalized spacial score (nSPS) is 10.7. The van der Waals surface area contributed by atoms with E-state index in [4.69, 9.17) is 11.6 Å². The van der Waals surface area contributed by atoms with Crippen molar-refractivity contribution in [2.75, 3.05) is 0 Å². The molecule has 76 valence electrons. The second kappa shape index (κ2) is 4.31. The Hall–Kier alpha value is -0.550. The first-order chi connectivity index (χ1) is 6.45. The summed E-state index contributed by atoms with van der Waals surface area (Å²) in [5.41, 5.74) is -0.328. The highest BCUT2D eigenvalue weighted by molar-refractivity contribution is 9.10. The monoisotopic (exact) mass is 283 g/mol. The second-order valence-corrected chi connectivity index (χ2v) is 3.73. The highest BCUT2D eigenvalue weighted by atomic mass is 79.9. The van der Waals surface area contributed by atoms with E-state index in [1.54, 1.807) is 6.92 Å². The third-order valence-corrected chi connectivity index (χ3v) is 2.86. The number of hydrogen-bond donors (Lipinski definition) is 0. The molecule has 0 saturated carbocycles. The Morgan fingerprint density at radius 1 is 1.64 bits per heavy atom. The van der Waals surface area contributed by atoms with Crippen LogP contribution in [0.2, 0.25) is 0 Å². The molecule has 0 aliphatic rings. The number of halogens is 4. The molecule has 0 aromatic carbocycles. The van der Waals surface area contributed by atoms with E-state index in [2.05, 4.69) is 20.9 Å². The average Bonchev–Trinajstić information content (AvgIpc) is 2.08. The largest absolute Gasteiger partial charge is 0.274 e. The van der Waals surface area contributed by atoms with E-state index in [9.17, 15) is 13.6 Å². The number of hydrogen-bond acceptors (Lipinski definition) is 2. The summed E-state index contributed by atoms with van der Waals surface area (Å²) in [6, 6.07) is 0. The molecule has 2 nitrogen and oxygen atoms in total. The van der Waals surface area contributed by atoms with Crippen molar-refractivity contribution >= 4 is 32.8 Å². The molecule has 0 spiro atoms. The van der Waals surface area contributed by atoms with Crippen molar-refractivity contribution in [3.05, 3.63) is 27.5 Å². The van der Waals surface area contributed by atoms with Crippen LogP contribution in [0.5, 0.6) is 0 Å². The summed E-state index contributed by atoms with van der Waals surface area (Å²) in [4.78, 5) is 14.4. The smallest absolute Gasteiger partial charge is 0.271 e. The molecule has 0 aliphatic carbocycles. The molecule has 1 rings (SSSR count). The Labute approximate surface area is 92.4 Å². The Morgan fingerprint density at radius 2 is 2.21 bits per heavy atom. The summed E-state index contributed by atoms with van der Waals surface area (Å²) in [6.07, 6.45) is -1.47. The molecule has 0 atom stereocenters. The highest BCUT2D eigenvalue weighted by Gasteiger charge is 2.22. The molecule has 1 aromatic heterocycles. The summed E-state index contributed by atoms with van der Waals surface area (Å²) in [5.74, 6) is 0. The Morgan fingerprint density at radius 3 is 2.64 bits per heavy atom. The lowest BCUT2D eigenvalue weighted by atomic mass is 10.1. The van der Waals surface area contributed by atoms with Crippen molar-refractivity contribution < 1.29 is 13.6 Å². The van der Waals surface area contributed by atoms with Crippen LogP contribution in [0.4, 0.5) is 8.78 Å². The van der Waals surface area contributed by atoms with Gasteiger partial charge in [0.1, 0.15) is 5.69 Å². The van der Waals surface area contributed by atoms with E-state index in [0.29, 0.717) is 5.56 Å². The van der Waals surface area contributed by atoms with Gasteiger partial charge in [0.25, 0.3) is 11.7 Å². The lowest BCUT2D eigenvalue weighted by molar-refractivity contribution is 0.106. The number of rotatable bonds is 2. The zero-order chi connectivity index (χ0) is 10.9. The van der Waals surface area contributed by atoms with E-state index in [1.807, 2.05) is 0 Å². The molecule has 0 bridgehead atoms. The molecule has 1 heterocycles. The SMILES string of the molecule is Cc1cnc(C(=O)Cl)c(C(F)F)c1Br. The number of carbonyl (C=O) groups is 1. The van der Waals surface area contributed by atoms with Gasteiger partial charge < -0.3 is 0 Å². The maximum Gasteiger partial charge on any atom is 0.271 e. The molecule has 0 saturated heterocycles. The fraction of sp³-hybridized carbons (Fsp3) is 0.250. The van der Waals surface area contributed by atoms with E-state index >= 15 is 0 Å². The van der Waals surface area contributed by atoms with Gasteiger partial charge in [-0.2, -0.15) is 0 Å². The molecule has 0 unspecified atom stereocenters. The number of alkyl halides is 2. The molecular formula is C8H5BrClF2NO. The van der Waals surface area contributed by atoms with Crippen molar-refractivity contribution in [2.24, 2.45) is 0 Å². The zero-order valence-corrected chi connectivity index (χ0v) is 9.36. The van der Waals surface area contributed by atoms with E-state index in [1.165, 1.54) is 6.20 Å². The van der Waals surface area contributed by atoms with Crippen LogP contribution in [-0.4, -0.2) is 10.2 Å². The van der Waals surface area contributed by atoms with Gasteiger partial charge >= 0.3 is 0 Å². The molecule has 6 heteroatoms. The van der Waals surface area contributed by atoms with Crippen LogP contribution in [0.1, 0.15) is 28.0 Å². The minimum Gasteiger partial charge on any atom is -0.274 e. The zero-order valence-electron chi connectivity index (χ0n) is 7.02. The van der Waals surface area contributed by atoms with Crippen LogP contribution in [0.25, 0.3) is 0 Å². The molecular weight excluding hydrogens is 279 g/mol. The lowest BCUT2D eigenvalue weighted by Crippen LogP contribution is -2.04. The summed E-state index contributed by atoms with van der Waals surface area (Å²) in [6.45, 7) is 1.60. The van der Waals surface area contributed by atoms with Crippen LogP contribution in [-0.2, 0) is 0 Å². The standard InChI is InChI=1S/C8H5BrClF2NO/c1-3-2-13-6(7(10)14)4(5(3)9)8(11)12/h2,8H,1H3. The number of aromatic nitrogens is 1. The van der Waals surface area contributed by atoms with Gasteiger partial charge in [-0.25, -0.2) is 8.78 Å². The average molecular weight is 284 g/mol. The Bertz CT molecular complexity index is 384. The quantitative estimate of drug-likeness (QED) is 0.778. The Balaban J connectivity index is 3.45. The van der Waals surface area contributed by atoms with Crippen molar-refractivity contribution in [1.82, 2.24) is 4.98 Å². The number of carbonyl (C=O) groups excluding carboxylic acids is 1. The number of nitrogens with zero attached hydrogens (tertiary/aromatic N) is 1. The minimum atomic E-state index is -2.78. The number of pyridine rings is 1. The van der Waals surface area contributed by atoms with Crippen LogP contribution in [0.15, 0.2) is 10.7 Å². The van der Waals surface area contributed by atoms with Gasteiger partial charge in [0, 0.05) is 10.7 Å². The van der Waals surface area contributed by atoms with Gasteiger partial charge in [-0.1, -0.05) is 0 Å². The molecule has 14 heavy (non-hydrogen) atoms. The molecule has 0 aliphatic heterocycles. The fourth-order valence-electron chi connectivity index (χ4n) is 0.960. The maximum atomic E-state index is 12.5. The third-order valence-electron chi connectivity index (χ3n) is 1.63. The molecule has 0 radical (unpaired) electrons. The van der Waals surface area contributed by atoms with E-state index in [0.717, 1.165) is 0 Å². The predicted molar refractivity (Wildman–Crippen MR) is 51.8 cm³/mol. The fourth-order valence-corrected chi connectivity index (χ4v) is 1.57. The van der Waals surface area contributed by atoms with Crippen molar-refractivity contribution in [3.63, 3.8) is 0 Å². The topological polar surface area (TPSA) is 30.0 Å². The molecule has 0 fully saturated rings. The van der Waals surface area contributed by atoms with Gasteiger partial charge in [0.15, 0.2) is 0 Å². The molecule has 0 amide bonds. The van der Waals surface area contributed by atoms with Crippen LogP contribution < -0.4 is 0 Å². The van der Waals surface area contributed by atoms with Gasteiger partial charge in [0.05, 0.1) is 5.56 Å². The van der Waals surface area contributed by atoms with Gasteiger partial charge in [-0.05, 0) is 40.0 Å². The van der Waals surface area contributed by atoms with Crippen molar-refractivity contribution in [3.8, 4) is 0 Å². The number of aryl methyl sites for hydroxylation is 1. The minimum absolute atomic E-state index is 0.173. The first-order valence-corrected chi connectivity index (χ1v) is 4.75. The summed E-state index contributed by atoms with van der Waals surface area (Å²) < 4.78 is 25.3. The first kappa shape index (κ1) is 11.5. The van der Waals surface area contributed by atoms with Crippen molar-refractivity contribution in [1.29, 1.82) is 0 Å². The maximum absolute atomic E-state index is 12.5. The van der Waals surface area contributed by atoms with E-state index in [-0.39, 0.29) is 4.47 Å². The lowest BCUT2D eigenvalue weighted by Gasteiger charge is -2.08. The van der Waals surface area contributed by atoms with Crippen molar-refractivity contribution in [2.45, 2.75) is 13.3 Å². The van der Waals surface area contributed by atoms with Gasteiger partial charge in [-0.3, -0.25) is 9.78 Å². The van der Waals surface area contributed by atoms with Crippen LogP contribution >= 0.6 is 27.5 Å². The highest BCUT2D eigenvalue weighted by Crippen LogP contribution is 2.32. The molecule has 1 aromatic rings. The second-order valence-electron chi connectivity index (χ2n) is 2.59. The third kappa shape index (κ3) is 2.09. The van der Waals surface area contributed by atoms with Crippen LogP contribution in [0.3, 0.4) is 0 Å². The predicted octanol–water partition coefficient (Wildman–Crippen LogP) is 3.47. The molecule has 0 N–H and O–H groups in total. The first-order valence-electron chi connectivity index (χ1n) is 3.58. The Kier molecular flexibility index (Phi) is 3.55. The van der Waals surface area contributed by atoms with E-state index < -0.39 is 22.9 Å². The summed E-state index contributed by atoms with van der Waals surface area (Å²) >= 11 is 8.09. The van der Waals surface area contributed by atoms with Gasteiger partial charge in [-0.15, -0.1) is 0 Å². The summed E-state index contributed by atoms with van der Waals surface area (Å²) in [7, 11) is 0. The van der Waals surface area contributed by atoms with Gasteiger partial charge in [0.2, 0.25) is 0 Å². The van der Waals surface area contributed by atoms with Crippen LogP contribution in [0, 0.1) is 6.92 Å². The summed E-state index contributed by atoms with van der Waals surface area (Å²) in [5, 5.41) is -0.985.